The van der Waals surface area contributed by atoms with Crippen molar-refractivity contribution in [2.45, 2.75) is 20.4 Å². The fourth-order valence-electron chi connectivity index (χ4n) is 3.11. The molecule has 0 radical (unpaired) electrons. The molecule has 0 aliphatic rings. The molecule has 0 saturated carbocycles. The van der Waals surface area contributed by atoms with Crippen LogP contribution < -0.4 is 10.6 Å². The van der Waals surface area contributed by atoms with Gasteiger partial charge in [-0.15, -0.1) is 0 Å². The van der Waals surface area contributed by atoms with Crippen molar-refractivity contribution in [3.63, 3.8) is 0 Å². The van der Waals surface area contributed by atoms with Gasteiger partial charge in [0.05, 0.1) is 5.69 Å². The van der Waals surface area contributed by atoms with Gasteiger partial charge >= 0.3 is 6.03 Å². The van der Waals surface area contributed by atoms with Crippen molar-refractivity contribution in [1.82, 2.24) is 9.47 Å². The van der Waals surface area contributed by atoms with Gasteiger partial charge in [-0.1, -0.05) is 26.0 Å². The fourth-order valence-corrected chi connectivity index (χ4v) is 3.11. The molecule has 0 bridgehead atoms. The van der Waals surface area contributed by atoms with E-state index in [4.69, 9.17) is 0 Å². The zero-order valence-electron chi connectivity index (χ0n) is 15.7. The third-order valence-corrected chi connectivity index (χ3v) is 4.70. The number of halogens is 1. The van der Waals surface area contributed by atoms with Crippen LogP contribution in [-0.4, -0.2) is 35.1 Å². The van der Waals surface area contributed by atoms with E-state index in [1.165, 1.54) is 12.1 Å². The highest BCUT2D eigenvalue weighted by Crippen LogP contribution is 2.21. The molecule has 0 aliphatic heterocycles. The van der Waals surface area contributed by atoms with Gasteiger partial charge in [0.1, 0.15) is 5.82 Å². The third kappa shape index (κ3) is 4.65. The van der Waals surface area contributed by atoms with Gasteiger partial charge in [0.25, 0.3) is 0 Å². The number of hydrogen-bond acceptors (Lipinski definition) is 2. The van der Waals surface area contributed by atoms with Gasteiger partial charge < -0.3 is 20.1 Å². The third-order valence-electron chi connectivity index (χ3n) is 4.70. The smallest absolute Gasteiger partial charge is 0.323 e. The number of urea groups is 1. The zero-order chi connectivity index (χ0) is 19.2. The van der Waals surface area contributed by atoms with E-state index in [0.717, 1.165) is 37.1 Å². The molecule has 0 fully saturated rings. The molecule has 6 heteroatoms. The number of carbonyl (C=O) groups is 1. The lowest BCUT2D eigenvalue weighted by atomic mass is 10.2. The van der Waals surface area contributed by atoms with Crippen molar-refractivity contribution in [3.05, 3.63) is 60.5 Å². The van der Waals surface area contributed by atoms with Crippen LogP contribution in [0.15, 0.2) is 54.7 Å². The highest BCUT2D eigenvalue weighted by molar-refractivity contribution is 6.01. The lowest BCUT2D eigenvalue weighted by Gasteiger charge is -2.18. The number of fused-ring (bicyclic) bond motifs is 1. The molecule has 27 heavy (non-hydrogen) atoms. The number of hydrogen-bond donors (Lipinski definition) is 2. The van der Waals surface area contributed by atoms with E-state index in [1.807, 2.05) is 24.3 Å². The first kappa shape index (κ1) is 18.9. The van der Waals surface area contributed by atoms with Gasteiger partial charge in [0.2, 0.25) is 0 Å². The molecule has 3 aromatic rings. The SMILES string of the molecule is CCN(CC)CCn1ccc2cc(NC(=O)Nc3ccccc3F)ccc21. The average Bonchev–Trinajstić information content (AvgIpc) is 3.07. The molecule has 1 aromatic heterocycles. The molecule has 2 amide bonds. The predicted octanol–water partition coefficient (Wildman–Crippen LogP) is 4.77. The maximum atomic E-state index is 13.6. The Bertz CT molecular complexity index is 917. The summed E-state index contributed by atoms with van der Waals surface area (Å²) in [6.07, 6.45) is 2.07. The Morgan fingerprint density at radius 1 is 1.07 bits per heavy atom. The van der Waals surface area contributed by atoms with Crippen molar-refractivity contribution in [2.24, 2.45) is 0 Å². The number of likely N-dealkylation sites (N-methyl/N-ethyl adjacent to an activating group) is 1. The van der Waals surface area contributed by atoms with E-state index >= 15 is 0 Å². The first-order chi connectivity index (χ1) is 13.1. The van der Waals surface area contributed by atoms with Gasteiger partial charge in [-0.25, -0.2) is 9.18 Å². The molecule has 0 saturated heterocycles. The summed E-state index contributed by atoms with van der Waals surface area (Å²) in [5.74, 6) is -0.464. The second-order valence-electron chi connectivity index (χ2n) is 6.37. The Labute approximate surface area is 158 Å². The molecule has 142 valence electrons. The highest BCUT2D eigenvalue weighted by atomic mass is 19.1. The Morgan fingerprint density at radius 3 is 2.59 bits per heavy atom. The number of aromatic nitrogens is 1. The number of carbonyl (C=O) groups excluding carboxylic acids is 1. The van der Waals surface area contributed by atoms with E-state index in [1.54, 1.807) is 12.1 Å². The molecule has 0 spiro atoms. The van der Waals surface area contributed by atoms with Crippen LogP contribution in [0, 0.1) is 5.82 Å². The number of rotatable bonds is 7. The van der Waals surface area contributed by atoms with E-state index in [0.29, 0.717) is 5.69 Å². The summed E-state index contributed by atoms with van der Waals surface area (Å²) in [4.78, 5) is 14.5. The monoisotopic (exact) mass is 368 g/mol. The summed E-state index contributed by atoms with van der Waals surface area (Å²) in [5.41, 5.74) is 1.94. The number of nitrogens with one attached hydrogen (secondary N) is 2. The van der Waals surface area contributed by atoms with E-state index in [2.05, 4.69) is 40.1 Å². The van der Waals surface area contributed by atoms with Crippen LogP contribution >= 0.6 is 0 Å². The summed E-state index contributed by atoms with van der Waals surface area (Å²) in [7, 11) is 0. The van der Waals surface area contributed by atoms with Gasteiger partial charge in [-0.2, -0.15) is 0 Å². The average molecular weight is 368 g/mol. The minimum atomic E-state index is -0.472. The number of amides is 2. The Kier molecular flexibility index (Phi) is 6.08. The standard InChI is InChI=1S/C21H25FN4O/c1-3-25(4-2)13-14-26-12-11-16-15-17(9-10-20(16)26)23-21(27)24-19-8-6-5-7-18(19)22/h5-12,15H,3-4,13-14H2,1-2H3,(H2,23,24,27). The molecule has 0 aliphatic carbocycles. The van der Waals surface area contributed by atoms with Gasteiger partial charge in [0.15, 0.2) is 0 Å². The summed E-state index contributed by atoms with van der Waals surface area (Å²) in [6.45, 7) is 8.35. The van der Waals surface area contributed by atoms with E-state index < -0.39 is 11.8 Å². The molecular weight excluding hydrogens is 343 g/mol. The number of anilines is 2. The number of benzene rings is 2. The Morgan fingerprint density at radius 2 is 1.85 bits per heavy atom. The fraction of sp³-hybridized carbons (Fsp3) is 0.286. The molecule has 2 N–H and O–H groups in total. The summed E-state index contributed by atoms with van der Waals surface area (Å²) < 4.78 is 15.9. The Hall–Kier alpha value is -2.86. The molecule has 0 atom stereocenters. The van der Waals surface area contributed by atoms with Crippen molar-refractivity contribution in [3.8, 4) is 0 Å². The van der Waals surface area contributed by atoms with Crippen molar-refractivity contribution in [2.75, 3.05) is 30.3 Å². The molecule has 2 aromatic carbocycles. The maximum Gasteiger partial charge on any atom is 0.323 e. The molecule has 1 heterocycles. The lowest BCUT2D eigenvalue weighted by Crippen LogP contribution is -2.26. The van der Waals surface area contributed by atoms with Crippen molar-refractivity contribution in [1.29, 1.82) is 0 Å². The zero-order valence-corrected chi connectivity index (χ0v) is 15.7. The van der Waals surface area contributed by atoms with Crippen LogP contribution in [0.5, 0.6) is 0 Å². The Balaban J connectivity index is 1.66. The lowest BCUT2D eigenvalue weighted by molar-refractivity contribution is 0.262. The topological polar surface area (TPSA) is 49.3 Å². The van der Waals surface area contributed by atoms with E-state index in [9.17, 15) is 9.18 Å². The second-order valence-corrected chi connectivity index (χ2v) is 6.37. The highest BCUT2D eigenvalue weighted by Gasteiger charge is 2.08. The number of nitrogens with zero attached hydrogens (tertiary/aromatic N) is 2. The van der Waals surface area contributed by atoms with Crippen molar-refractivity contribution >= 4 is 28.3 Å². The maximum absolute atomic E-state index is 13.6. The summed E-state index contributed by atoms with van der Waals surface area (Å²) in [6, 6.07) is 13.4. The van der Waals surface area contributed by atoms with Gasteiger partial charge in [-0.05, 0) is 49.5 Å². The molecule has 0 unspecified atom stereocenters. The normalized spacial score (nSPS) is 11.1. The van der Waals surface area contributed by atoms with Crippen molar-refractivity contribution < 1.29 is 9.18 Å². The van der Waals surface area contributed by atoms with Crippen LogP contribution in [0.1, 0.15) is 13.8 Å². The first-order valence-corrected chi connectivity index (χ1v) is 9.24. The molecular formula is C21H25FN4O. The number of para-hydroxylation sites is 1. The molecule has 5 nitrogen and oxygen atoms in total. The minimum absolute atomic E-state index is 0.152. The van der Waals surface area contributed by atoms with Gasteiger partial charge in [-0.3, -0.25) is 0 Å². The van der Waals surface area contributed by atoms with Crippen LogP contribution in [0.25, 0.3) is 10.9 Å². The van der Waals surface area contributed by atoms with E-state index in [-0.39, 0.29) is 5.69 Å². The first-order valence-electron chi connectivity index (χ1n) is 9.24. The quantitative estimate of drug-likeness (QED) is 0.631. The van der Waals surface area contributed by atoms with Gasteiger partial charge in [0, 0.05) is 35.9 Å². The largest absolute Gasteiger partial charge is 0.346 e. The van der Waals surface area contributed by atoms with Crippen LogP contribution in [0.2, 0.25) is 0 Å². The van der Waals surface area contributed by atoms with Crippen LogP contribution in [0.3, 0.4) is 0 Å². The predicted molar refractivity (Wildman–Crippen MR) is 109 cm³/mol. The summed E-state index contributed by atoms with van der Waals surface area (Å²) in [5, 5.41) is 6.33. The second kappa shape index (κ2) is 8.68. The molecule has 3 rings (SSSR count). The minimum Gasteiger partial charge on any atom is -0.346 e. The summed E-state index contributed by atoms with van der Waals surface area (Å²) >= 11 is 0. The van der Waals surface area contributed by atoms with Crippen LogP contribution in [0.4, 0.5) is 20.6 Å². The van der Waals surface area contributed by atoms with Crippen LogP contribution in [-0.2, 0) is 6.54 Å².